The fourth-order valence-corrected chi connectivity index (χ4v) is 3.22. The molecule has 1 aromatic carbocycles. The minimum Gasteiger partial charge on any atom is -0.486 e. The van der Waals surface area contributed by atoms with E-state index < -0.39 is 0 Å². The van der Waals surface area contributed by atoms with Crippen LogP contribution in [-0.4, -0.2) is 32.4 Å². The van der Waals surface area contributed by atoms with Crippen molar-refractivity contribution < 1.29 is 9.47 Å². The van der Waals surface area contributed by atoms with Crippen molar-refractivity contribution >= 4 is 11.6 Å². The fraction of sp³-hybridized carbons (Fsp3) is 0.625. The van der Waals surface area contributed by atoms with Crippen LogP contribution in [0.3, 0.4) is 0 Å². The molecular weight excluding hydrogens is 274 g/mol. The monoisotopic (exact) mass is 295 g/mol. The molecule has 3 rings (SSSR count). The van der Waals surface area contributed by atoms with Crippen molar-refractivity contribution in [2.24, 2.45) is 5.92 Å². The highest BCUT2D eigenvalue weighted by Crippen LogP contribution is 2.29. The van der Waals surface area contributed by atoms with Crippen LogP contribution in [0.1, 0.15) is 24.8 Å². The largest absolute Gasteiger partial charge is 0.486 e. The second-order valence-corrected chi connectivity index (χ2v) is 6.17. The first kappa shape index (κ1) is 14.2. The molecule has 0 bridgehead atoms. The van der Waals surface area contributed by atoms with Crippen LogP contribution < -0.4 is 10.1 Å². The topological polar surface area (TPSA) is 30.5 Å². The van der Waals surface area contributed by atoms with Crippen LogP contribution in [0.4, 0.5) is 0 Å². The van der Waals surface area contributed by atoms with Crippen LogP contribution in [0.15, 0.2) is 18.2 Å². The van der Waals surface area contributed by atoms with Crippen LogP contribution in [0, 0.1) is 5.92 Å². The molecule has 2 heterocycles. The summed E-state index contributed by atoms with van der Waals surface area (Å²) in [6.07, 6.45) is 4.74. The molecule has 0 radical (unpaired) electrons. The standard InChI is InChI=1S/C16H22ClNO2/c17-15-10-13(9-12-3-6-18-7-4-12)1-2-16(15)20-14-5-8-19-11-14/h1-2,10,12,14,18H,3-9,11H2. The molecule has 1 atom stereocenters. The van der Waals surface area contributed by atoms with Gasteiger partial charge in [-0.1, -0.05) is 17.7 Å². The summed E-state index contributed by atoms with van der Waals surface area (Å²) in [4.78, 5) is 0. The molecule has 2 aliphatic heterocycles. The number of hydrogen-bond donors (Lipinski definition) is 1. The maximum absolute atomic E-state index is 6.35. The van der Waals surface area contributed by atoms with E-state index in [9.17, 15) is 0 Å². The summed E-state index contributed by atoms with van der Waals surface area (Å²) in [7, 11) is 0. The van der Waals surface area contributed by atoms with E-state index in [1.54, 1.807) is 0 Å². The van der Waals surface area contributed by atoms with E-state index >= 15 is 0 Å². The molecule has 0 saturated carbocycles. The van der Waals surface area contributed by atoms with E-state index in [0.717, 1.165) is 49.2 Å². The molecule has 0 aromatic heterocycles. The van der Waals surface area contributed by atoms with Crippen LogP contribution in [0.25, 0.3) is 0 Å². The van der Waals surface area contributed by atoms with Crippen LogP contribution in [-0.2, 0) is 11.2 Å². The third-order valence-electron chi connectivity index (χ3n) is 4.16. The molecule has 4 heteroatoms. The van der Waals surface area contributed by atoms with Crippen molar-refractivity contribution in [2.45, 2.75) is 31.8 Å². The Morgan fingerprint density at radius 3 is 2.80 bits per heavy atom. The van der Waals surface area contributed by atoms with Gasteiger partial charge in [0.25, 0.3) is 0 Å². The molecule has 0 spiro atoms. The lowest BCUT2D eigenvalue weighted by Gasteiger charge is -2.23. The van der Waals surface area contributed by atoms with Gasteiger partial charge in [-0.05, 0) is 56.0 Å². The highest BCUT2D eigenvalue weighted by atomic mass is 35.5. The molecule has 1 unspecified atom stereocenters. The van der Waals surface area contributed by atoms with Crippen molar-refractivity contribution in [1.82, 2.24) is 5.32 Å². The SMILES string of the molecule is Clc1cc(CC2CCNCC2)ccc1OC1CCOC1. The Morgan fingerprint density at radius 1 is 1.25 bits per heavy atom. The number of rotatable bonds is 4. The van der Waals surface area contributed by atoms with Crippen LogP contribution in [0.5, 0.6) is 5.75 Å². The molecule has 2 fully saturated rings. The van der Waals surface area contributed by atoms with Crippen molar-refractivity contribution in [3.63, 3.8) is 0 Å². The van der Waals surface area contributed by atoms with Crippen molar-refractivity contribution in [1.29, 1.82) is 0 Å². The predicted octanol–water partition coefficient (Wildman–Crippen LogP) is 3.05. The predicted molar refractivity (Wildman–Crippen MR) is 80.6 cm³/mol. The number of nitrogens with one attached hydrogen (secondary N) is 1. The third-order valence-corrected chi connectivity index (χ3v) is 4.46. The van der Waals surface area contributed by atoms with Gasteiger partial charge in [0.2, 0.25) is 0 Å². The second kappa shape index (κ2) is 6.79. The number of ether oxygens (including phenoxy) is 2. The van der Waals surface area contributed by atoms with Crippen LogP contribution in [0.2, 0.25) is 5.02 Å². The molecule has 110 valence electrons. The van der Waals surface area contributed by atoms with E-state index in [1.165, 1.54) is 18.4 Å². The van der Waals surface area contributed by atoms with Gasteiger partial charge in [0.1, 0.15) is 11.9 Å². The molecule has 20 heavy (non-hydrogen) atoms. The van der Waals surface area contributed by atoms with E-state index in [2.05, 4.69) is 17.4 Å². The normalized spacial score (nSPS) is 23.9. The molecule has 1 aromatic rings. The minimum atomic E-state index is 0.155. The van der Waals surface area contributed by atoms with E-state index in [-0.39, 0.29) is 6.10 Å². The first-order valence-electron chi connectivity index (χ1n) is 7.55. The molecule has 2 saturated heterocycles. The number of benzene rings is 1. The van der Waals surface area contributed by atoms with Crippen LogP contribution >= 0.6 is 11.6 Å². The molecular formula is C16H22ClNO2. The lowest BCUT2D eigenvalue weighted by atomic mass is 9.91. The zero-order valence-corrected chi connectivity index (χ0v) is 12.5. The van der Waals surface area contributed by atoms with E-state index in [1.807, 2.05) is 6.07 Å². The van der Waals surface area contributed by atoms with Crippen molar-refractivity contribution in [2.75, 3.05) is 26.3 Å². The molecule has 3 nitrogen and oxygen atoms in total. The molecule has 0 amide bonds. The first-order valence-corrected chi connectivity index (χ1v) is 7.92. The van der Waals surface area contributed by atoms with Gasteiger partial charge in [-0.3, -0.25) is 0 Å². The van der Waals surface area contributed by atoms with Gasteiger partial charge in [0.15, 0.2) is 0 Å². The third kappa shape index (κ3) is 3.66. The quantitative estimate of drug-likeness (QED) is 0.926. The summed E-state index contributed by atoms with van der Waals surface area (Å²) in [6, 6.07) is 6.23. The van der Waals surface area contributed by atoms with Gasteiger partial charge in [-0.25, -0.2) is 0 Å². The van der Waals surface area contributed by atoms with Gasteiger partial charge in [0.05, 0.1) is 18.2 Å². The Labute approximate surface area is 125 Å². The number of hydrogen-bond acceptors (Lipinski definition) is 3. The summed E-state index contributed by atoms with van der Waals surface area (Å²) in [5.74, 6) is 1.57. The lowest BCUT2D eigenvalue weighted by Crippen LogP contribution is -2.28. The summed E-state index contributed by atoms with van der Waals surface area (Å²) >= 11 is 6.35. The highest BCUT2D eigenvalue weighted by Gasteiger charge is 2.19. The summed E-state index contributed by atoms with van der Waals surface area (Å²) in [5, 5.41) is 4.13. The Morgan fingerprint density at radius 2 is 2.10 bits per heavy atom. The van der Waals surface area contributed by atoms with Crippen molar-refractivity contribution in [3.05, 3.63) is 28.8 Å². The van der Waals surface area contributed by atoms with Gasteiger partial charge in [0, 0.05) is 6.42 Å². The lowest BCUT2D eigenvalue weighted by molar-refractivity contribution is 0.141. The Kier molecular flexibility index (Phi) is 4.81. The summed E-state index contributed by atoms with van der Waals surface area (Å²) in [6.45, 7) is 3.74. The van der Waals surface area contributed by atoms with E-state index in [0.29, 0.717) is 6.61 Å². The maximum atomic E-state index is 6.35. The van der Waals surface area contributed by atoms with E-state index in [4.69, 9.17) is 21.1 Å². The van der Waals surface area contributed by atoms with Gasteiger partial charge in [-0.2, -0.15) is 0 Å². The summed E-state index contributed by atoms with van der Waals surface area (Å²) in [5.41, 5.74) is 1.32. The molecule has 0 aliphatic carbocycles. The average Bonchev–Trinajstić information content (AvgIpc) is 2.96. The highest BCUT2D eigenvalue weighted by molar-refractivity contribution is 6.32. The zero-order chi connectivity index (χ0) is 13.8. The first-order chi connectivity index (χ1) is 9.81. The minimum absolute atomic E-state index is 0.155. The molecule has 1 N–H and O–H groups in total. The summed E-state index contributed by atoms with van der Waals surface area (Å²) < 4.78 is 11.2. The second-order valence-electron chi connectivity index (χ2n) is 5.77. The Hall–Kier alpha value is -0.770. The fourth-order valence-electron chi connectivity index (χ4n) is 2.97. The Bertz CT molecular complexity index is 440. The van der Waals surface area contributed by atoms with Crippen molar-refractivity contribution in [3.8, 4) is 5.75 Å². The number of piperidine rings is 1. The smallest absolute Gasteiger partial charge is 0.138 e. The zero-order valence-electron chi connectivity index (χ0n) is 11.7. The molecule has 2 aliphatic rings. The average molecular weight is 296 g/mol. The maximum Gasteiger partial charge on any atom is 0.138 e. The number of halogens is 1. The Balaban J connectivity index is 1.60. The van der Waals surface area contributed by atoms with Gasteiger partial charge < -0.3 is 14.8 Å². The van der Waals surface area contributed by atoms with Gasteiger partial charge in [-0.15, -0.1) is 0 Å². The van der Waals surface area contributed by atoms with Gasteiger partial charge >= 0.3 is 0 Å².